The largest absolute Gasteiger partial charge is 0.550 e. The normalized spacial score (nSPS) is 10.8. The number of carboxylic acids is 1. The quantitative estimate of drug-likeness (QED) is 0.777. The zero-order chi connectivity index (χ0) is 12.3. The average Bonchev–Trinajstić information content (AvgIpc) is 2.19. The van der Waals surface area contributed by atoms with Crippen LogP contribution < -0.4 is 5.11 Å². The van der Waals surface area contributed by atoms with Crippen LogP contribution in [0.3, 0.4) is 0 Å². The topological polar surface area (TPSA) is 53.0 Å². The summed E-state index contributed by atoms with van der Waals surface area (Å²) in [6.45, 7) is 3.36. The monoisotopic (exact) mass is 228 g/mol. The predicted octanol–water partition coefficient (Wildman–Crippen LogP) is 1.18. The second-order valence-corrected chi connectivity index (χ2v) is 3.48. The van der Waals surface area contributed by atoms with E-state index in [4.69, 9.17) is 0 Å². The fraction of sp³-hybridized carbons (Fsp3) is 0.455. The predicted molar refractivity (Wildman–Crippen MR) is 52.0 cm³/mol. The molecular formula is C11H12F2NO2-. The Labute approximate surface area is 92.1 Å². The molecule has 0 bridgehead atoms. The SMILES string of the molecule is CCc1c(C(F)F)ncc(CC(=O)[O-])c1C. The molecule has 0 unspecified atom stereocenters. The van der Waals surface area contributed by atoms with Gasteiger partial charge in [0.15, 0.2) is 0 Å². The molecule has 1 aromatic rings. The van der Waals surface area contributed by atoms with E-state index in [1.807, 2.05) is 0 Å². The van der Waals surface area contributed by atoms with Gasteiger partial charge in [-0.1, -0.05) is 6.92 Å². The number of hydrogen-bond acceptors (Lipinski definition) is 3. The van der Waals surface area contributed by atoms with E-state index in [0.717, 1.165) is 0 Å². The molecule has 0 aliphatic heterocycles. The van der Waals surface area contributed by atoms with Crippen LogP contribution in [-0.4, -0.2) is 11.0 Å². The summed E-state index contributed by atoms with van der Waals surface area (Å²) in [4.78, 5) is 14.1. The lowest BCUT2D eigenvalue weighted by Gasteiger charge is -2.14. The number of halogens is 2. The highest BCUT2D eigenvalue weighted by atomic mass is 19.3. The Morgan fingerprint density at radius 3 is 2.62 bits per heavy atom. The van der Waals surface area contributed by atoms with Crippen molar-refractivity contribution >= 4 is 5.97 Å². The van der Waals surface area contributed by atoms with Crippen LogP contribution in [0.15, 0.2) is 6.20 Å². The molecule has 3 nitrogen and oxygen atoms in total. The van der Waals surface area contributed by atoms with E-state index in [9.17, 15) is 18.7 Å². The van der Waals surface area contributed by atoms with Crippen LogP contribution in [0.2, 0.25) is 0 Å². The molecule has 0 aliphatic rings. The van der Waals surface area contributed by atoms with Crippen molar-refractivity contribution in [2.24, 2.45) is 0 Å². The first-order chi connectivity index (χ1) is 7.47. The molecule has 0 atom stereocenters. The molecule has 0 aliphatic carbocycles. The molecule has 5 heteroatoms. The number of pyridine rings is 1. The van der Waals surface area contributed by atoms with Crippen LogP contribution in [0, 0.1) is 6.92 Å². The van der Waals surface area contributed by atoms with Crippen molar-refractivity contribution in [3.05, 3.63) is 28.6 Å². The van der Waals surface area contributed by atoms with Crippen molar-refractivity contribution in [1.82, 2.24) is 4.98 Å². The van der Waals surface area contributed by atoms with Gasteiger partial charge in [-0.15, -0.1) is 0 Å². The van der Waals surface area contributed by atoms with E-state index < -0.39 is 12.4 Å². The highest BCUT2D eigenvalue weighted by molar-refractivity contribution is 5.68. The third-order valence-electron chi connectivity index (χ3n) is 2.50. The summed E-state index contributed by atoms with van der Waals surface area (Å²) in [7, 11) is 0. The lowest BCUT2D eigenvalue weighted by atomic mass is 9.99. The van der Waals surface area contributed by atoms with E-state index >= 15 is 0 Å². The minimum Gasteiger partial charge on any atom is -0.550 e. The smallest absolute Gasteiger partial charge is 0.280 e. The number of hydrogen-bond donors (Lipinski definition) is 0. The summed E-state index contributed by atoms with van der Waals surface area (Å²) in [6, 6.07) is 0. The van der Waals surface area contributed by atoms with Gasteiger partial charge in [0, 0.05) is 18.6 Å². The van der Waals surface area contributed by atoms with Crippen LogP contribution in [0.25, 0.3) is 0 Å². The van der Waals surface area contributed by atoms with Crippen molar-refractivity contribution in [3.8, 4) is 0 Å². The fourth-order valence-electron chi connectivity index (χ4n) is 1.68. The van der Waals surface area contributed by atoms with Crippen molar-refractivity contribution in [2.75, 3.05) is 0 Å². The molecule has 1 aromatic heterocycles. The Kier molecular flexibility index (Phi) is 3.93. The third-order valence-corrected chi connectivity index (χ3v) is 2.50. The maximum absolute atomic E-state index is 12.6. The standard InChI is InChI=1S/C11H13F2NO2/c1-3-8-6(2)7(4-9(15)16)5-14-10(8)11(12)13/h5,11H,3-4H2,1-2H3,(H,15,16)/p-1. The van der Waals surface area contributed by atoms with Gasteiger partial charge < -0.3 is 9.90 Å². The highest BCUT2D eigenvalue weighted by Crippen LogP contribution is 2.25. The molecule has 1 rings (SSSR count). The molecule has 0 saturated carbocycles. The zero-order valence-electron chi connectivity index (χ0n) is 9.09. The van der Waals surface area contributed by atoms with Crippen LogP contribution in [0.5, 0.6) is 0 Å². The fourth-order valence-corrected chi connectivity index (χ4v) is 1.68. The Balaban J connectivity index is 3.23. The first kappa shape index (κ1) is 12.5. The van der Waals surface area contributed by atoms with Gasteiger partial charge in [0.1, 0.15) is 5.69 Å². The number of carbonyl (C=O) groups is 1. The summed E-state index contributed by atoms with van der Waals surface area (Å²) in [5.41, 5.74) is 1.16. The third kappa shape index (κ3) is 2.53. The molecule has 0 spiro atoms. The number of nitrogens with zero attached hydrogens (tertiary/aromatic N) is 1. The maximum atomic E-state index is 12.6. The minimum absolute atomic E-state index is 0.262. The molecule has 0 amide bonds. The Morgan fingerprint density at radius 2 is 2.19 bits per heavy atom. The van der Waals surface area contributed by atoms with Crippen LogP contribution in [-0.2, 0) is 17.6 Å². The summed E-state index contributed by atoms with van der Waals surface area (Å²) in [6.07, 6.45) is -1.34. The molecule has 16 heavy (non-hydrogen) atoms. The lowest BCUT2D eigenvalue weighted by molar-refractivity contribution is -0.304. The number of carboxylic acid groups (broad SMARTS) is 1. The van der Waals surface area contributed by atoms with Gasteiger partial charge >= 0.3 is 0 Å². The summed E-state index contributed by atoms with van der Waals surface area (Å²) in [5.74, 6) is -1.24. The molecule has 0 radical (unpaired) electrons. The van der Waals surface area contributed by atoms with Gasteiger partial charge in [0.2, 0.25) is 0 Å². The van der Waals surface area contributed by atoms with Gasteiger partial charge in [0.05, 0.1) is 0 Å². The van der Waals surface area contributed by atoms with E-state index in [1.165, 1.54) is 6.20 Å². The van der Waals surface area contributed by atoms with Crippen molar-refractivity contribution in [1.29, 1.82) is 0 Å². The summed E-state index contributed by atoms with van der Waals surface area (Å²) < 4.78 is 25.2. The Hall–Kier alpha value is -1.52. The first-order valence-corrected chi connectivity index (χ1v) is 4.92. The molecule has 1 heterocycles. The van der Waals surface area contributed by atoms with Gasteiger partial charge in [0.25, 0.3) is 6.43 Å². The van der Waals surface area contributed by atoms with Crippen LogP contribution >= 0.6 is 0 Å². The molecule has 0 saturated heterocycles. The van der Waals surface area contributed by atoms with E-state index in [1.54, 1.807) is 13.8 Å². The van der Waals surface area contributed by atoms with Crippen LogP contribution in [0.4, 0.5) is 8.78 Å². The van der Waals surface area contributed by atoms with Crippen LogP contribution in [0.1, 0.15) is 35.7 Å². The highest BCUT2D eigenvalue weighted by Gasteiger charge is 2.17. The first-order valence-electron chi connectivity index (χ1n) is 4.92. The van der Waals surface area contributed by atoms with Crippen molar-refractivity contribution in [3.63, 3.8) is 0 Å². The maximum Gasteiger partial charge on any atom is 0.280 e. The lowest BCUT2D eigenvalue weighted by Crippen LogP contribution is -2.25. The number of alkyl halides is 2. The second-order valence-electron chi connectivity index (χ2n) is 3.48. The van der Waals surface area contributed by atoms with Gasteiger partial charge in [-0.3, -0.25) is 4.98 Å². The second kappa shape index (κ2) is 5.01. The average molecular weight is 228 g/mol. The summed E-state index contributed by atoms with van der Waals surface area (Å²) in [5, 5.41) is 10.5. The Bertz CT molecular complexity index is 405. The van der Waals surface area contributed by atoms with E-state index in [-0.39, 0.29) is 12.1 Å². The Morgan fingerprint density at radius 1 is 1.56 bits per heavy atom. The van der Waals surface area contributed by atoms with Crippen molar-refractivity contribution < 1.29 is 18.7 Å². The molecular weight excluding hydrogens is 216 g/mol. The zero-order valence-corrected chi connectivity index (χ0v) is 9.09. The molecule has 0 N–H and O–H groups in total. The number of rotatable bonds is 4. The number of carbonyl (C=O) groups excluding carboxylic acids is 1. The molecule has 0 fully saturated rings. The summed E-state index contributed by atoms with van der Waals surface area (Å²) >= 11 is 0. The molecule has 88 valence electrons. The van der Waals surface area contributed by atoms with E-state index in [2.05, 4.69) is 4.98 Å². The minimum atomic E-state index is -2.63. The number of aliphatic carboxylic acids is 1. The van der Waals surface area contributed by atoms with Gasteiger partial charge in [-0.2, -0.15) is 0 Å². The van der Waals surface area contributed by atoms with Crippen molar-refractivity contribution in [2.45, 2.75) is 33.1 Å². The molecule has 0 aromatic carbocycles. The van der Waals surface area contributed by atoms with Gasteiger partial charge in [-0.25, -0.2) is 8.78 Å². The van der Waals surface area contributed by atoms with E-state index in [0.29, 0.717) is 23.1 Å². The number of aromatic nitrogens is 1. The van der Waals surface area contributed by atoms with Gasteiger partial charge in [-0.05, 0) is 30.0 Å².